The van der Waals surface area contributed by atoms with E-state index in [4.69, 9.17) is 4.74 Å². The SMILES string of the molecule is COc1cccc(NC(=O)C(=O)c2cccn2Cc2ccc(C)c(C)c2)c1. The van der Waals surface area contributed by atoms with Crippen molar-refractivity contribution in [3.05, 3.63) is 83.2 Å². The largest absolute Gasteiger partial charge is 0.497 e. The van der Waals surface area contributed by atoms with Gasteiger partial charge in [0.25, 0.3) is 11.7 Å². The summed E-state index contributed by atoms with van der Waals surface area (Å²) in [4.78, 5) is 25.0. The Morgan fingerprint density at radius 1 is 1.00 bits per heavy atom. The van der Waals surface area contributed by atoms with Gasteiger partial charge in [0, 0.05) is 24.5 Å². The van der Waals surface area contributed by atoms with Gasteiger partial charge in [0.05, 0.1) is 12.8 Å². The Bertz CT molecular complexity index is 989. The molecule has 0 aliphatic rings. The zero-order valence-electron chi connectivity index (χ0n) is 15.7. The summed E-state index contributed by atoms with van der Waals surface area (Å²) in [5.74, 6) is -0.645. The maximum Gasteiger partial charge on any atom is 0.298 e. The molecule has 0 atom stereocenters. The van der Waals surface area contributed by atoms with Crippen LogP contribution in [0.1, 0.15) is 27.2 Å². The minimum atomic E-state index is -0.678. The smallest absolute Gasteiger partial charge is 0.298 e. The number of hydrogen-bond acceptors (Lipinski definition) is 3. The lowest BCUT2D eigenvalue weighted by Gasteiger charge is -2.11. The molecule has 0 bridgehead atoms. The van der Waals surface area contributed by atoms with Gasteiger partial charge in [0.15, 0.2) is 0 Å². The van der Waals surface area contributed by atoms with E-state index < -0.39 is 11.7 Å². The van der Waals surface area contributed by atoms with Crippen LogP contribution in [0.25, 0.3) is 0 Å². The first-order chi connectivity index (χ1) is 13.0. The summed E-state index contributed by atoms with van der Waals surface area (Å²) in [5.41, 5.74) is 4.37. The molecule has 0 aliphatic heterocycles. The van der Waals surface area contributed by atoms with E-state index in [9.17, 15) is 9.59 Å². The molecular weight excluding hydrogens is 340 g/mol. The minimum Gasteiger partial charge on any atom is -0.497 e. The number of methoxy groups -OCH3 is 1. The van der Waals surface area contributed by atoms with E-state index in [-0.39, 0.29) is 0 Å². The molecule has 1 heterocycles. The topological polar surface area (TPSA) is 60.3 Å². The van der Waals surface area contributed by atoms with E-state index in [1.165, 1.54) is 11.1 Å². The third kappa shape index (κ3) is 4.26. The lowest BCUT2D eigenvalue weighted by atomic mass is 10.1. The van der Waals surface area contributed by atoms with Crippen molar-refractivity contribution in [2.75, 3.05) is 12.4 Å². The van der Waals surface area contributed by atoms with Crippen molar-refractivity contribution < 1.29 is 14.3 Å². The summed E-state index contributed by atoms with van der Waals surface area (Å²) in [5, 5.41) is 2.63. The van der Waals surface area contributed by atoms with E-state index in [2.05, 4.69) is 31.3 Å². The number of nitrogens with zero attached hydrogens (tertiary/aromatic N) is 1. The van der Waals surface area contributed by atoms with Crippen LogP contribution in [0.15, 0.2) is 60.8 Å². The number of rotatable bonds is 6. The zero-order valence-corrected chi connectivity index (χ0v) is 15.7. The van der Waals surface area contributed by atoms with Crippen LogP contribution in [0.4, 0.5) is 5.69 Å². The number of aryl methyl sites for hydroxylation is 2. The van der Waals surface area contributed by atoms with Crippen molar-refractivity contribution in [2.24, 2.45) is 0 Å². The number of hydrogen-bond donors (Lipinski definition) is 1. The van der Waals surface area contributed by atoms with Gasteiger partial charge in [-0.05, 0) is 54.8 Å². The molecule has 5 heteroatoms. The number of aromatic nitrogens is 1. The van der Waals surface area contributed by atoms with Gasteiger partial charge >= 0.3 is 0 Å². The normalized spacial score (nSPS) is 10.5. The van der Waals surface area contributed by atoms with Crippen LogP contribution in [0, 0.1) is 13.8 Å². The number of anilines is 1. The van der Waals surface area contributed by atoms with Crippen molar-refractivity contribution in [2.45, 2.75) is 20.4 Å². The molecule has 3 aromatic rings. The third-order valence-electron chi connectivity index (χ3n) is 4.52. The number of amides is 1. The fraction of sp³-hybridized carbons (Fsp3) is 0.182. The van der Waals surface area contributed by atoms with Crippen LogP contribution >= 0.6 is 0 Å². The highest BCUT2D eigenvalue weighted by molar-refractivity contribution is 6.46. The molecule has 1 N–H and O–H groups in total. The van der Waals surface area contributed by atoms with Crippen molar-refractivity contribution in [1.82, 2.24) is 4.57 Å². The number of carbonyl (C=O) groups excluding carboxylic acids is 2. The van der Waals surface area contributed by atoms with Crippen molar-refractivity contribution >= 4 is 17.4 Å². The molecule has 5 nitrogen and oxygen atoms in total. The first kappa shape index (κ1) is 18.5. The summed E-state index contributed by atoms with van der Waals surface area (Å²) in [6.07, 6.45) is 1.81. The Labute approximate surface area is 158 Å². The molecule has 0 unspecified atom stereocenters. The van der Waals surface area contributed by atoms with Gasteiger partial charge in [-0.25, -0.2) is 0 Å². The van der Waals surface area contributed by atoms with E-state index >= 15 is 0 Å². The monoisotopic (exact) mass is 362 g/mol. The zero-order chi connectivity index (χ0) is 19.4. The van der Waals surface area contributed by atoms with Crippen molar-refractivity contribution in [3.8, 4) is 5.75 Å². The first-order valence-corrected chi connectivity index (χ1v) is 8.69. The van der Waals surface area contributed by atoms with Crippen LogP contribution in [-0.4, -0.2) is 23.4 Å². The number of Topliss-reactive ketones (excluding diaryl/α,β-unsaturated/α-hetero) is 1. The quantitative estimate of drug-likeness (QED) is 0.533. The molecule has 0 saturated carbocycles. The maximum absolute atomic E-state index is 12.6. The molecule has 0 spiro atoms. The van der Waals surface area contributed by atoms with Gasteiger partial charge in [-0.1, -0.05) is 24.3 Å². The second-order valence-corrected chi connectivity index (χ2v) is 6.46. The van der Waals surface area contributed by atoms with E-state index in [0.29, 0.717) is 23.7 Å². The highest BCUT2D eigenvalue weighted by Crippen LogP contribution is 2.18. The number of carbonyl (C=O) groups is 2. The van der Waals surface area contributed by atoms with Crippen molar-refractivity contribution in [3.63, 3.8) is 0 Å². The van der Waals surface area contributed by atoms with Crippen LogP contribution < -0.4 is 10.1 Å². The molecule has 0 radical (unpaired) electrons. The van der Waals surface area contributed by atoms with E-state index in [0.717, 1.165) is 5.56 Å². The second-order valence-electron chi connectivity index (χ2n) is 6.46. The number of nitrogens with one attached hydrogen (secondary N) is 1. The molecule has 138 valence electrons. The molecular formula is C22H22N2O3. The number of ether oxygens (including phenoxy) is 1. The molecule has 2 aromatic carbocycles. The van der Waals surface area contributed by atoms with Gasteiger partial charge in [0.1, 0.15) is 5.75 Å². The second kappa shape index (κ2) is 7.91. The highest BCUT2D eigenvalue weighted by Gasteiger charge is 2.20. The predicted molar refractivity (Wildman–Crippen MR) is 105 cm³/mol. The lowest BCUT2D eigenvalue weighted by Crippen LogP contribution is -2.25. The Balaban J connectivity index is 1.76. The van der Waals surface area contributed by atoms with Gasteiger partial charge in [-0.2, -0.15) is 0 Å². The average molecular weight is 362 g/mol. The lowest BCUT2D eigenvalue weighted by molar-refractivity contribution is -0.112. The fourth-order valence-corrected chi connectivity index (χ4v) is 2.86. The van der Waals surface area contributed by atoms with Gasteiger partial charge in [0.2, 0.25) is 0 Å². The van der Waals surface area contributed by atoms with Crippen molar-refractivity contribution in [1.29, 1.82) is 0 Å². The minimum absolute atomic E-state index is 0.355. The number of benzene rings is 2. The van der Waals surface area contributed by atoms with E-state index in [1.807, 2.05) is 6.07 Å². The van der Waals surface area contributed by atoms with Gasteiger partial charge in [-0.15, -0.1) is 0 Å². The van der Waals surface area contributed by atoms with Crippen LogP contribution in [-0.2, 0) is 11.3 Å². The molecule has 0 fully saturated rings. The fourth-order valence-electron chi connectivity index (χ4n) is 2.86. The van der Waals surface area contributed by atoms with Crippen LogP contribution in [0.3, 0.4) is 0 Å². The Kier molecular flexibility index (Phi) is 5.41. The number of ketones is 1. The summed E-state index contributed by atoms with van der Waals surface area (Å²) < 4.78 is 6.92. The maximum atomic E-state index is 12.6. The average Bonchev–Trinajstić information content (AvgIpc) is 3.12. The predicted octanol–water partition coefficient (Wildman–Crippen LogP) is 3.98. The molecule has 0 aliphatic carbocycles. The van der Waals surface area contributed by atoms with E-state index in [1.54, 1.807) is 54.3 Å². The van der Waals surface area contributed by atoms with Gasteiger partial charge in [-0.3, -0.25) is 9.59 Å². The first-order valence-electron chi connectivity index (χ1n) is 8.69. The summed E-state index contributed by atoms with van der Waals surface area (Å²) in [6, 6.07) is 16.5. The molecule has 0 saturated heterocycles. The summed E-state index contributed by atoms with van der Waals surface area (Å²) in [7, 11) is 1.55. The Morgan fingerprint density at radius 2 is 1.81 bits per heavy atom. The summed E-state index contributed by atoms with van der Waals surface area (Å²) in [6.45, 7) is 4.65. The molecule has 27 heavy (non-hydrogen) atoms. The standard InChI is InChI=1S/C22H22N2O3/c1-15-9-10-17(12-16(15)2)14-24-11-5-8-20(24)21(25)22(26)23-18-6-4-7-19(13-18)27-3/h4-13H,14H2,1-3H3,(H,23,26). The highest BCUT2D eigenvalue weighted by atomic mass is 16.5. The Morgan fingerprint density at radius 3 is 2.56 bits per heavy atom. The third-order valence-corrected chi connectivity index (χ3v) is 4.52. The molecule has 1 amide bonds. The molecule has 3 rings (SSSR count). The van der Waals surface area contributed by atoms with Crippen LogP contribution in [0.5, 0.6) is 5.75 Å². The van der Waals surface area contributed by atoms with Gasteiger partial charge < -0.3 is 14.6 Å². The van der Waals surface area contributed by atoms with Crippen LogP contribution in [0.2, 0.25) is 0 Å². The summed E-state index contributed by atoms with van der Waals surface area (Å²) >= 11 is 0. The molecule has 1 aromatic heterocycles. The Hall–Kier alpha value is -3.34.